The molecular formula is C16H14BrCl3. The predicted octanol–water partition coefficient (Wildman–Crippen LogP) is 6.44. The minimum atomic E-state index is 0.465. The topological polar surface area (TPSA) is 0 Å². The second-order valence-corrected chi connectivity index (χ2v) is 6.72. The van der Waals surface area contributed by atoms with Gasteiger partial charge >= 0.3 is 0 Å². The number of halogens is 4. The van der Waals surface area contributed by atoms with Gasteiger partial charge in [0.25, 0.3) is 0 Å². The standard InChI is InChI=1S/C16H14BrCl3/c17-10-12(7-11-1-3-14(18)4-2-11)8-13-9-15(19)5-6-16(13)20/h1-6,9,12H,7-8,10H2. The Morgan fingerprint density at radius 3 is 2.15 bits per heavy atom. The summed E-state index contributed by atoms with van der Waals surface area (Å²) in [6.07, 6.45) is 1.87. The van der Waals surface area contributed by atoms with E-state index in [4.69, 9.17) is 34.8 Å². The Kier molecular flexibility index (Phi) is 6.22. The first kappa shape index (κ1) is 16.2. The number of rotatable bonds is 5. The van der Waals surface area contributed by atoms with E-state index in [1.54, 1.807) is 0 Å². The summed E-state index contributed by atoms with van der Waals surface area (Å²) in [6, 6.07) is 13.6. The first-order valence-corrected chi connectivity index (χ1v) is 8.58. The number of benzene rings is 2. The van der Waals surface area contributed by atoms with Gasteiger partial charge < -0.3 is 0 Å². The second kappa shape index (κ2) is 7.70. The number of alkyl halides is 1. The van der Waals surface area contributed by atoms with Crippen molar-refractivity contribution in [3.8, 4) is 0 Å². The van der Waals surface area contributed by atoms with Crippen LogP contribution >= 0.6 is 50.7 Å². The van der Waals surface area contributed by atoms with Crippen LogP contribution in [0.15, 0.2) is 42.5 Å². The molecule has 0 radical (unpaired) electrons. The fraction of sp³-hybridized carbons (Fsp3) is 0.250. The van der Waals surface area contributed by atoms with Gasteiger partial charge in [0.2, 0.25) is 0 Å². The monoisotopic (exact) mass is 390 g/mol. The Labute approximate surface area is 143 Å². The molecule has 106 valence electrons. The summed E-state index contributed by atoms with van der Waals surface area (Å²) >= 11 is 21.8. The minimum Gasteiger partial charge on any atom is -0.0925 e. The van der Waals surface area contributed by atoms with Crippen LogP contribution in [-0.2, 0) is 12.8 Å². The van der Waals surface area contributed by atoms with Crippen molar-refractivity contribution in [3.05, 3.63) is 68.7 Å². The van der Waals surface area contributed by atoms with Gasteiger partial charge in [-0.25, -0.2) is 0 Å². The van der Waals surface area contributed by atoms with E-state index in [9.17, 15) is 0 Å². The number of hydrogen-bond acceptors (Lipinski definition) is 0. The molecule has 0 aliphatic carbocycles. The molecule has 20 heavy (non-hydrogen) atoms. The third-order valence-corrected chi connectivity index (χ3v) is 4.94. The minimum absolute atomic E-state index is 0.465. The van der Waals surface area contributed by atoms with E-state index in [1.165, 1.54) is 5.56 Å². The summed E-state index contributed by atoms with van der Waals surface area (Å²) < 4.78 is 0. The maximum Gasteiger partial charge on any atom is 0.0439 e. The number of hydrogen-bond donors (Lipinski definition) is 0. The molecule has 1 unspecified atom stereocenters. The average Bonchev–Trinajstić information content (AvgIpc) is 2.44. The van der Waals surface area contributed by atoms with Gasteiger partial charge in [-0.2, -0.15) is 0 Å². The molecule has 2 aromatic rings. The van der Waals surface area contributed by atoms with Gasteiger partial charge in [-0.05, 0) is 60.2 Å². The molecule has 0 aliphatic rings. The lowest BCUT2D eigenvalue weighted by Gasteiger charge is -2.15. The van der Waals surface area contributed by atoms with E-state index in [0.717, 1.165) is 38.8 Å². The third-order valence-electron chi connectivity index (χ3n) is 3.17. The molecule has 0 aromatic heterocycles. The summed E-state index contributed by atoms with van der Waals surface area (Å²) in [5.74, 6) is 0.465. The van der Waals surface area contributed by atoms with Crippen LogP contribution in [0.4, 0.5) is 0 Å². The van der Waals surface area contributed by atoms with Gasteiger partial charge in [-0.1, -0.05) is 62.9 Å². The van der Waals surface area contributed by atoms with E-state index < -0.39 is 0 Å². The highest BCUT2D eigenvalue weighted by Gasteiger charge is 2.12. The quantitative estimate of drug-likeness (QED) is 0.513. The Bertz CT molecular complexity index is 566. The third kappa shape index (κ3) is 4.66. The molecule has 0 saturated heterocycles. The van der Waals surface area contributed by atoms with Crippen LogP contribution in [0, 0.1) is 5.92 Å². The van der Waals surface area contributed by atoms with Crippen LogP contribution in [0.1, 0.15) is 11.1 Å². The first-order valence-electron chi connectivity index (χ1n) is 6.33. The molecule has 0 nitrogen and oxygen atoms in total. The van der Waals surface area contributed by atoms with Gasteiger partial charge in [0.1, 0.15) is 0 Å². The molecule has 0 saturated carbocycles. The van der Waals surface area contributed by atoms with Crippen LogP contribution in [0.3, 0.4) is 0 Å². The van der Waals surface area contributed by atoms with Gasteiger partial charge in [0.15, 0.2) is 0 Å². The Morgan fingerprint density at radius 2 is 1.50 bits per heavy atom. The normalized spacial score (nSPS) is 12.4. The lowest BCUT2D eigenvalue weighted by Crippen LogP contribution is -2.10. The fourth-order valence-corrected chi connectivity index (χ4v) is 3.12. The SMILES string of the molecule is Clc1ccc(CC(CBr)Cc2cc(Cl)ccc2Cl)cc1. The molecule has 1 atom stereocenters. The molecule has 0 fully saturated rings. The Hall–Kier alpha value is -0.210. The fourth-order valence-electron chi connectivity index (χ4n) is 2.15. The van der Waals surface area contributed by atoms with Crippen LogP contribution < -0.4 is 0 Å². The highest BCUT2D eigenvalue weighted by atomic mass is 79.9. The van der Waals surface area contributed by atoms with Crippen LogP contribution in [-0.4, -0.2) is 5.33 Å². The Morgan fingerprint density at radius 1 is 0.850 bits per heavy atom. The molecule has 0 spiro atoms. The second-order valence-electron chi connectivity index (χ2n) is 4.79. The molecule has 2 aromatic carbocycles. The van der Waals surface area contributed by atoms with E-state index >= 15 is 0 Å². The van der Waals surface area contributed by atoms with Gasteiger partial charge in [0.05, 0.1) is 0 Å². The molecule has 4 heteroatoms. The van der Waals surface area contributed by atoms with Crippen LogP contribution in [0.2, 0.25) is 15.1 Å². The lowest BCUT2D eigenvalue weighted by molar-refractivity contribution is 0.591. The molecule has 0 N–H and O–H groups in total. The summed E-state index contributed by atoms with van der Waals surface area (Å²) in [6.45, 7) is 0. The first-order chi connectivity index (χ1) is 9.58. The highest BCUT2D eigenvalue weighted by Crippen LogP contribution is 2.25. The van der Waals surface area contributed by atoms with E-state index in [-0.39, 0.29) is 0 Å². The summed E-state index contributed by atoms with van der Waals surface area (Å²) in [4.78, 5) is 0. The van der Waals surface area contributed by atoms with Crippen molar-refractivity contribution in [1.29, 1.82) is 0 Å². The average molecular weight is 393 g/mol. The molecule has 0 aliphatic heterocycles. The molecular weight excluding hydrogens is 378 g/mol. The predicted molar refractivity (Wildman–Crippen MR) is 92.6 cm³/mol. The molecule has 0 bridgehead atoms. The zero-order chi connectivity index (χ0) is 14.5. The van der Waals surface area contributed by atoms with Crippen molar-refractivity contribution in [2.45, 2.75) is 12.8 Å². The lowest BCUT2D eigenvalue weighted by atomic mass is 9.94. The van der Waals surface area contributed by atoms with Crippen molar-refractivity contribution in [3.63, 3.8) is 0 Å². The van der Waals surface area contributed by atoms with Crippen molar-refractivity contribution in [2.24, 2.45) is 5.92 Å². The van der Waals surface area contributed by atoms with E-state index in [2.05, 4.69) is 28.1 Å². The maximum atomic E-state index is 6.23. The zero-order valence-corrected chi connectivity index (χ0v) is 14.6. The van der Waals surface area contributed by atoms with Crippen molar-refractivity contribution >= 4 is 50.7 Å². The highest BCUT2D eigenvalue weighted by molar-refractivity contribution is 9.09. The van der Waals surface area contributed by atoms with Crippen LogP contribution in [0.25, 0.3) is 0 Å². The molecule has 0 heterocycles. The van der Waals surface area contributed by atoms with E-state index in [0.29, 0.717) is 5.92 Å². The van der Waals surface area contributed by atoms with Crippen LogP contribution in [0.5, 0.6) is 0 Å². The van der Waals surface area contributed by atoms with Crippen molar-refractivity contribution in [1.82, 2.24) is 0 Å². The van der Waals surface area contributed by atoms with E-state index in [1.807, 2.05) is 30.3 Å². The van der Waals surface area contributed by atoms with Gasteiger partial charge in [0, 0.05) is 20.4 Å². The smallest absolute Gasteiger partial charge is 0.0439 e. The van der Waals surface area contributed by atoms with Crippen molar-refractivity contribution in [2.75, 3.05) is 5.33 Å². The van der Waals surface area contributed by atoms with Gasteiger partial charge in [-0.15, -0.1) is 0 Å². The summed E-state index contributed by atoms with van der Waals surface area (Å²) in [5.41, 5.74) is 2.37. The molecule has 2 rings (SSSR count). The van der Waals surface area contributed by atoms with Crippen molar-refractivity contribution < 1.29 is 0 Å². The summed E-state index contributed by atoms with van der Waals surface area (Å²) in [5, 5.41) is 3.18. The largest absolute Gasteiger partial charge is 0.0925 e. The molecule has 0 amide bonds. The Balaban J connectivity index is 2.08. The summed E-state index contributed by atoms with van der Waals surface area (Å²) in [7, 11) is 0. The zero-order valence-electron chi connectivity index (χ0n) is 10.8. The van der Waals surface area contributed by atoms with Gasteiger partial charge in [-0.3, -0.25) is 0 Å². The maximum absolute atomic E-state index is 6.23.